The maximum atomic E-state index is 10.7. The number of amides is 1. The third-order valence-electron chi connectivity index (χ3n) is 1.67. The summed E-state index contributed by atoms with van der Waals surface area (Å²) in [5, 5.41) is 2.67. The molecule has 0 bridgehead atoms. The second-order valence-corrected chi connectivity index (χ2v) is 2.91. The lowest BCUT2D eigenvalue weighted by molar-refractivity contribution is -0.119. The summed E-state index contributed by atoms with van der Waals surface area (Å²) in [4.78, 5) is 10.7. The molecular formula is C8H12ClNO2. The molecule has 0 aromatic carbocycles. The molecule has 68 valence electrons. The molecule has 1 rings (SSSR count). The molecule has 0 spiro atoms. The van der Waals surface area contributed by atoms with Crippen LogP contribution in [-0.4, -0.2) is 24.4 Å². The van der Waals surface area contributed by atoms with Gasteiger partial charge >= 0.3 is 0 Å². The number of carbonyl (C=O) groups excluding carboxylic acids is 1. The van der Waals surface area contributed by atoms with Crippen LogP contribution in [0.2, 0.25) is 0 Å². The molecule has 0 aromatic heterocycles. The van der Waals surface area contributed by atoms with Crippen molar-refractivity contribution in [2.24, 2.45) is 0 Å². The highest BCUT2D eigenvalue weighted by Gasteiger charge is 2.11. The Bertz CT molecular complexity index is 182. The fourth-order valence-corrected chi connectivity index (χ4v) is 1.10. The molecule has 0 radical (unpaired) electrons. The van der Waals surface area contributed by atoms with E-state index in [1.54, 1.807) is 6.26 Å². The smallest absolute Gasteiger partial charge is 0.235 e. The van der Waals surface area contributed by atoms with E-state index < -0.39 is 0 Å². The van der Waals surface area contributed by atoms with Crippen molar-refractivity contribution in [1.29, 1.82) is 0 Å². The zero-order valence-electron chi connectivity index (χ0n) is 6.75. The van der Waals surface area contributed by atoms with Crippen LogP contribution < -0.4 is 5.32 Å². The Hall–Kier alpha value is -0.700. The van der Waals surface area contributed by atoms with Crippen LogP contribution in [0.25, 0.3) is 0 Å². The van der Waals surface area contributed by atoms with Gasteiger partial charge in [0.2, 0.25) is 5.91 Å². The Labute approximate surface area is 76.7 Å². The van der Waals surface area contributed by atoms with Crippen molar-refractivity contribution in [3.63, 3.8) is 0 Å². The standard InChI is InChI=1S/C8H12ClNO2/c9-5-8(11)10-6-7-3-1-2-4-12-7/h2,4,7H,1,3,5-6H2,(H,10,11)/t7-/m0/s1. The average molecular weight is 190 g/mol. The van der Waals surface area contributed by atoms with Crippen LogP contribution in [0.3, 0.4) is 0 Å². The molecule has 0 unspecified atom stereocenters. The van der Waals surface area contributed by atoms with Crippen molar-refractivity contribution in [2.75, 3.05) is 12.4 Å². The van der Waals surface area contributed by atoms with Gasteiger partial charge < -0.3 is 10.1 Å². The predicted molar refractivity (Wildman–Crippen MR) is 47.0 cm³/mol. The zero-order chi connectivity index (χ0) is 8.81. The molecule has 0 saturated heterocycles. The summed E-state index contributed by atoms with van der Waals surface area (Å²) >= 11 is 5.30. The summed E-state index contributed by atoms with van der Waals surface area (Å²) in [6, 6.07) is 0. The van der Waals surface area contributed by atoms with E-state index in [0.717, 1.165) is 12.8 Å². The van der Waals surface area contributed by atoms with Crippen LogP contribution in [-0.2, 0) is 9.53 Å². The number of ether oxygens (including phenoxy) is 1. The van der Waals surface area contributed by atoms with E-state index >= 15 is 0 Å². The summed E-state index contributed by atoms with van der Waals surface area (Å²) in [5.74, 6) is -0.127. The fourth-order valence-electron chi connectivity index (χ4n) is 1.01. The van der Waals surface area contributed by atoms with E-state index in [4.69, 9.17) is 16.3 Å². The van der Waals surface area contributed by atoms with Gasteiger partial charge in [0.15, 0.2) is 0 Å². The molecule has 1 atom stereocenters. The van der Waals surface area contributed by atoms with Crippen molar-refractivity contribution in [1.82, 2.24) is 5.32 Å². The van der Waals surface area contributed by atoms with Crippen molar-refractivity contribution >= 4 is 17.5 Å². The predicted octanol–water partition coefficient (Wildman–Crippen LogP) is 1.03. The minimum absolute atomic E-state index is 0.0164. The molecule has 1 aliphatic heterocycles. The molecule has 0 aromatic rings. The Morgan fingerprint density at radius 1 is 1.75 bits per heavy atom. The minimum atomic E-state index is -0.144. The number of carbonyl (C=O) groups is 1. The lowest BCUT2D eigenvalue weighted by Gasteiger charge is -2.19. The monoisotopic (exact) mass is 189 g/mol. The first-order valence-corrected chi connectivity index (χ1v) is 4.49. The van der Waals surface area contributed by atoms with Gasteiger partial charge in [-0.15, -0.1) is 11.6 Å². The Kier molecular flexibility index (Phi) is 3.94. The highest BCUT2D eigenvalue weighted by molar-refractivity contribution is 6.27. The summed E-state index contributed by atoms with van der Waals surface area (Å²) in [6.07, 6.45) is 5.74. The van der Waals surface area contributed by atoms with E-state index in [1.165, 1.54) is 0 Å². The van der Waals surface area contributed by atoms with Crippen LogP contribution in [0.1, 0.15) is 12.8 Å². The molecule has 3 nitrogen and oxygen atoms in total. The highest BCUT2D eigenvalue weighted by atomic mass is 35.5. The molecule has 12 heavy (non-hydrogen) atoms. The molecule has 1 aliphatic rings. The van der Waals surface area contributed by atoms with E-state index in [9.17, 15) is 4.79 Å². The molecule has 0 fully saturated rings. The minimum Gasteiger partial charge on any atom is -0.497 e. The third-order valence-corrected chi connectivity index (χ3v) is 1.91. The van der Waals surface area contributed by atoms with Gasteiger partial charge in [-0.3, -0.25) is 4.79 Å². The third kappa shape index (κ3) is 3.13. The van der Waals surface area contributed by atoms with Crippen molar-refractivity contribution in [2.45, 2.75) is 18.9 Å². The van der Waals surface area contributed by atoms with Gasteiger partial charge in [-0.1, -0.05) is 0 Å². The van der Waals surface area contributed by atoms with E-state index in [-0.39, 0.29) is 17.9 Å². The van der Waals surface area contributed by atoms with Crippen LogP contribution >= 0.6 is 11.6 Å². The maximum Gasteiger partial charge on any atom is 0.235 e. The Balaban J connectivity index is 2.14. The number of halogens is 1. The molecule has 0 aliphatic carbocycles. The first kappa shape index (κ1) is 9.39. The van der Waals surface area contributed by atoms with Crippen LogP contribution in [0.4, 0.5) is 0 Å². The number of allylic oxidation sites excluding steroid dienone is 1. The van der Waals surface area contributed by atoms with Crippen LogP contribution in [0.5, 0.6) is 0 Å². The van der Waals surface area contributed by atoms with Crippen LogP contribution in [0, 0.1) is 0 Å². The number of hydrogen-bond donors (Lipinski definition) is 1. The van der Waals surface area contributed by atoms with Gasteiger partial charge in [0.25, 0.3) is 0 Å². The Morgan fingerprint density at radius 2 is 2.58 bits per heavy atom. The molecular weight excluding hydrogens is 178 g/mol. The number of alkyl halides is 1. The van der Waals surface area contributed by atoms with Crippen molar-refractivity contribution < 1.29 is 9.53 Å². The fraction of sp³-hybridized carbons (Fsp3) is 0.625. The van der Waals surface area contributed by atoms with Crippen molar-refractivity contribution in [3.8, 4) is 0 Å². The summed E-state index contributed by atoms with van der Waals surface area (Å²) < 4.78 is 5.23. The van der Waals surface area contributed by atoms with Gasteiger partial charge in [0, 0.05) is 0 Å². The SMILES string of the molecule is O=C(CCl)NC[C@@H]1CCC=CO1. The molecule has 0 saturated carbocycles. The van der Waals surface area contributed by atoms with Crippen molar-refractivity contribution in [3.05, 3.63) is 12.3 Å². The number of hydrogen-bond acceptors (Lipinski definition) is 2. The second-order valence-electron chi connectivity index (χ2n) is 2.64. The highest BCUT2D eigenvalue weighted by Crippen LogP contribution is 2.08. The van der Waals surface area contributed by atoms with E-state index in [1.807, 2.05) is 6.08 Å². The topological polar surface area (TPSA) is 38.3 Å². The van der Waals surface area contributed by atoms with E-state index in [0.29, 0.717) is 6.54 Å². The largest absolute Gasteiger partial charge is 0.497 e. The number of nitrogens with one attached hydrogen (secondary N) is 1. The first-order valence-electron chi connectivity index (χ1n) is 3.96. The summed E-state index contributed by atoms with van der Waals surface area (Å²) in [7, 11) is 0. The average Bonchev–Trinajstić information content (AvgIpc) is 2.16. The second kappa shape index (κ2) is 5.04. The Morgan fingerprint density at radius 3 is 3.17 bits per heavy atom. The van der Waals surface area contributed by atoms with E-state index in [2.05, 4.69) is 5.32 Å². The number of rotatable bonds is 3. The van der Waals surface area contributed by atoms with Gasteiger partial charge in [0.05, 0.1) is 12.8 Å². The lowest BCUT2D eigenvalue weighted by atomic mass is 10.1. The van der Waals surface area contributed by atoms with Gasteiger partial charge in [-0.25, -0.2) is 0 Å². The lowest BCUT2D eigenvalue weighted by Crippen LogP contribution is -2.34. The summed E-state index contributed by atoms with van der Waals surface area (Å²) in [6.45, 7) is 0.551. The van der Waals surface area contributed by atoms with Gasteiger partial charge in [-0.2, -0.15) is 0 Å². The molecule has 1 N–H and O–H groups in total. The maximum absolute atomic E-state index is 10.7. The molecule has 1 amide bonds. The normalized spacial score (nSPS) is 21.6. The van der Waals surface area contributed by atoms with Crippen LogP contribution in [0.15, 0.2) is 12.3 Å². The zero-order valence-corrected chi connectivity index (χ0v) is 7.51. The molecule has 4 heteroatoms. The van der Waals surface area contributed by atoms with Gasteiger partial charge in [0.1, 0.15) is 12.0 Å². The van der Waals surface area contributed by atoms with Gasteiger partial charge in [-0.05, 0) is 18.9 Å². The quantitative estimate of drug-likeness (QED) is 0.674. The summed E-state index contributed by atoms with van der Waals surface area (Å²) in [5.41, 5.74) is 0. The first-order chi connectivity index (χ1) is 5.83. The molecule has 1 heterocycles.